The third-order valence-corrected chi connectivity index (χ3v) is 4.47. The molecular weight excluding hydrogens is 340 g/mol. The van der Waals surface area contributed by atoms with E-state index >= 15 is 0 Å². The Morgan fingerprint density at radius 1 is 1.28 bits per heavy atom. The van der Waals surface area contributed by atoms with Gasteiger partial charge in [-0.25, -0.2) is 0 Å². The number of piperidine rings is 1. The van der Waals surface area contributed by atoms with Gasteiger partial charge in [-0.3, -0.25) is 9.59 Å². The Bertz CT molecular complexity index is 632. The second-order valence-electron chi connectivity index (χ2n) is 7.72. The molecule has 1 aliphatic rings. The van der Waals surface area contributed by atoms with E-state index in [9.17, 15) is 9.59 Å². The fourth-order valence-corrected chi connectivity index (χ4v) is 3.18. The average molecular weight is 367 g/mol. The van der Waals surface area contributed by atoms with Crippen LogP contribution in [0.2, 0.25) is 5.02 Å². The first kappa shape index (κ1) is 19.6. The number of halogens is 1. The van der Waals surface area contributed by atoms with Crippen LogP contribution in [-0.4, -0.2) is 43.0 Å². The number of carbonyl (C=O) groups excluding carboxylic acids is 2. The largest absolute Gasteiger partial charge is 0.496 e. The highest BCUT2D eigenvalue weighted by atomic mass is 35.5. The van der Waals surface area contributed by atoms with Gasteiger partial charge in [-0.2, -0.15) is 0 Å². The van der Waals surface area contributed by atoms with E-state index < -0.39 is 0 Å². The summed E-state index contributed by atoms with van der Waals surface area (Å²) in [5.74, 6) is 0.516. The molecule has 0 spiro atoms. The van der Waals surface area contributed by atoms with Crippen LogP contribution in [0, 0.1) is 5.41 Å². The van der Waals surface area contributed by atoms with Crippen LogP contribution in [0.5, 0.6) is 5.75 Å². The van der Waals surface area contributed by atoms with Gasteiger partial charge in [0.05, 0.1) is 12.7 Å². The van der Waals surface area contributed by atoms with E-state index in [1.54, 1.807) is 23.1 Å². The molecule has 2 amide bonds. The van der Waals surface area contributed by atoms with Gasteiger partial charge in [-0.05, 0) is 36.5 Å². The molecule has 1 aromatic carbocycles. The zero-order valence-corrected chi connectivity index (χ0v) is 16.2. The maximum absolute atomic E-state index is 12.7. The Hall–Kier alpha value is -1.75. The molecule has 6 heteroatoms. The van der Waals surface area contributed by atoms with E-state index in [0.717, 1.165) is 12.8 Å². The van der Waals surface area contributed by atoms with Crippen LogP contribution >= 0.6 is 11.6 Å². The van der Waals surface area contributed by atoms with E-state index in [1.165, 1.54) is 7.11 Å². The van der Waals surface area contributed by atoms with Gasteiger partial charge >= 0.3 is 0 Å². The van der Waals surface area contributed by atoms with Crippen LogP contribution in [0.15, 0.2) is 18.2 Å². The van der Waals surface area contributed by atoms with Crippen LogP contribution in [-0.2, 0) is 4.79 Å². The molecule has 2 rings (SSSR count). The van der Waals surface area contributed by atoms with Gasteiger partial charge < -0.3 is 15.0 Å². The summed E-state index contributed by atoms with van der Waals surface area (Å²) in [6.45, 7) is 7.36. The molecule has 1 aromatic rings. The van der Waals surface area contributed by atoms with Crippen molar-refractivity contribution in [2.75, 3.05) is 20.2 Å². The highest BCUT2D eigenvalue weighted by Gasteiger charge is 2.27. The first-order valence-electron chi connectivity index (χ1n) is 8.62. The van der Waals surface area contributed by atoms with E-state index in [4.69, 9.17) is 16.3 Å². The van der Waals surface area contributed by atoms with Gasteiger partial charge in [0, 0.05) is 30.6 Å². The maximum Gasteiger partial charge on any atom is 0.257 e. The molecule has 0 radical (unpaired) electrons. The van der Waals surface area contributed by atoms with Crippen molar-refractivity contribution in [3.63, 3.8) is 0 Å². The summed E-state index contributed by atoms with van der Waals surface area (Å²) in [6.07, 6.45) is 2.01. The molecule has 5 nitrogen and oxygen atoms in total. The van der Waals surface area contributed by atoms with Crippen molar-refractivity contribution < 1.29 is 14.3 Å². The van der Waals surface area contributed by atoms with Crippen LogP contribution in [0.1, 0.15) is 50.4 Å². The van der Waals surface area contributed by atoms with E-state index in [2.05, 4.69) is 5.32 Å². The molecule has 0 aromatic heterocycles. The Balaban J connectivity index is 1.93. The fraction of sp³-hybridized carbons (Fsp3) is 0.579. The quantitative estimate of drug-likeness (QED) is 0.887. The molecule has 1 N–H and O–H groups in total. The summed E-state index contributed by atoms with van der Waals surface area (Å²) >= 11 is 6.02. The molecular formula is C19H27ClN2O3. The molecule has 0 bridgehead atoms. The van der Waals surface area contributed by atoms with Crippen LogP contribution in [0.4, 0.5) is 0 Å². The number of methoxy groups -OCH3 is 1. The Kier molecular flexibility index (Phi) is 6.33. The molecule has 1 aliphatic heterocycles. The lowest BCUT2D eigenvalue weighted by atomic mass is 9.91. The molecule has 1 saturated heterocycles. The molecule has 1 heterocycles. The second kappa shape index (κ2) is 8.09. The Labute approximate surface area is 154 Å². The summed E-state index contributed by atoms with van der Waals surface area (Å²) < 4.78 is 5.27. The molecule has 1 fully saturated rings. The SMILES string of the molecule is COc1ccc(Cl)cc1C(=O)N1CCC(NC(=O)CC(C)(C)C)CC1. The minimum atomic E-state index is -0.0844. The smallest absolute Gasteiger partial charge is 0.257 e. The summed E-state index contributed by atoms with van der Waals surface area (Å²) in [4.78, 5) is 26.6. The minimum absolute atomic E-state index is 0.0239. The zero-order valence-electron chi connectivity index (χ0n) is 15.4. The van der Waals surface area contributed by atoms with Crippen LogP contribution in [0.3, 0.4) is 0 Å². The highest BCUT2D eigenvalue weighted by molar-refractivity contribution is 6.31. The number of carbonyl (C=O) groups is 2. The van der Waals surface area contributed by atoms with Crippen LogP contribution in [0.25, 0.3) is 0 Å². The summed E-state index contributed by atoms with van der Waals surface area (Å²) in [6, 6.07) is 5.17. The molecule has 0 atom stereocenters. The normalized spacial score (nSPS) is 15.8. The van der Waals surface area contributed by atoms with Crippen molar-refractivity contribution >= 4 is 23.4 Å². The number of benzene rings is 1. The lowest BCUT2D eigenvalue weighted by Gasteiger charge is -2.33. The predicted octanol–water partition coefficient (Wildman–Crippen LogP) is 3.51. The van der Waals surface area contributed by atoms with E-state index in [-0.39, 0.29) is 23.3 Å². The minimum Gasteiger partial charge on any atom is -0.496 e. The number of nitrogens with zero attached hydrogens (tertiary/aromatic N) is 1. The standard InChI is InChI=1S/C19H27ClN2O3/c1-19(2,3)12-17(23)21-14-7-9-22(10-8-14)18(24)15-11-13(20)5-6-16(15)25-4/h5-6,11,14H,7-10,12H2,1-4H3,(H,21,23). The van der Waals surface area contributed by atoms with Crippen molar-refractivity contribution in [3.05, 3.63) is 28.8 Å². The number of hydrogen-bond donors (Lipinski definition) is 1. The number of nitrogens with one attached hydrogen (secondary N) is 1. The summed E-state index contributed by atoms with van der Waals surface area (Å²) in [5, 5.41) is 3.59. The first-order chi connectivity index (χ1) is 11.7. The van der Waals surface area contributed by atoms with Crippen molar-refractivity contribution in [1.82, 2.24) is 10.2 Å². The lowest BCUT2D eigenvalue weighted by Crippen LogP contribution is -2.47. The molecule has 25 heavy (non-hydrogen) atoms. The van der Waals surface area contributed by atoms with E-state index in [0.29, 0.717) is 35.8 Å². The van der Waals surface area contributed by atoms with Gasteiger partial charge in [0.1, 0.15) is 5.75 Å². The predicted molar refractivity (Wildman–Crippen MR) is 99.1 cm³/mol. The number of likely N-dealkylation sites (tertiary alicyclic amines) is 1. The number of amides is 2. The molecule has 138 valence electrons. The first-order valence-corrected chi connectivity index (χ1v) is 8.99. The third kappa shape index (κ3) is 5.63. The monoisotopic (exact) mass is 366 g/mol. The number of ether oxygens (including phenoxy) is 1. The number of rotatable bonds is 4. The van der Waals surface area contributed by atoms with E-state index in [1.807, 2.05) is 20.8 Å². The van der Waals surface area contributed by atoms with Gasteiger partial charge in [0.2, 0.25) is 5.91 Å². The highest BCUT2D eigenvalue weighted by Crippen LogP contribution is 2.25. The third-order valence-electron chi connectivity index (χ3n) is 4.23. The Morgan fingerprint density at radius 3 is 2.48 bits per heavy atom. The van der Waals surface area contributed by atoms with Crippen molar-refractivity contribution in [1.29, 1.82) is 0 Å². The van der Waals surface area contributed by atoms with Crippen molar-refractivity contribution in [3.8, 4) is 5.75 Å². The topological polar surface area (TPSA) is 58.6 Å². The van der Waals surface area contributed by atoms with Crippen molar-refractivity contribution in [2.45, 2.75) is 46.1 Å². The van der Waals surface area contributed by atoms with Gasteiger partial charge in [-0.15, -0.1) is 0 Å². The fourth-order valence-electron chi connectivity index (χ4n) is 3.00. The lowest BCUT2D eigenvalue weighted by molar-refractivity contribution is -0.123. The zero-order chi connectivity index (χ0) is 18.6. The summed E-state index contributed by atoms with van der Waals surface area (Å²) in [5.41, 5.74) is 0.453. The molecule has 0 aliphatic carbocycles. The van der Waals surface area contributed by atoms with Crippen molar-refractivity contribution in [2.24, 2.45) is 5.41 Å². The number of hydrogen-bond acceptors (Lipinski definition) is 3. The summed E-state index contributed by atoms with van der Waals surface area (Å²) in [7, 11) is 1.54. The molecule has 0 saturated carbocycles. The maximum atomic E-state index is 12.7. The van der Waals surface area contributed by atoms with Gasteiger partial charge in [0.25, 0.3) is 5.91 Å². The second-order valence-corrected chi connectivity index (χ2v) is 8.15. The average Bonchev–Trinajstić information content (AvgIpc) is 2.53. The van der Waals surface area contributed by atoms with Gasteiger partial charge in [0.15, 0.2) is 0 Å². The molecule has 0 unspecified atom stereocenters. The van der Waals surface area contributed by atoms with Crippen LogP contribution < -0.4 is 10.1 Å². The Morgan fingerprint density at radius 2 is 1.92 bits per heavy atom. The van der Waals surface area contributed by atoms with Gasteiger partial charge in [-0.1, -0.05) is 32.4 Å².